The van der Waals surface area contributed by atoms with Gasteiger partial charge in [0.2, 0.25) is 0 Å². The molecular formula is C25H44IN3O4S. The van der Waals surface area contributed by atoms with Crippen LogP contribution in [0.4, 0.5) is 0 Å². The zero-order chi connectivity index (χ0) is 26.4. The van der Waals surface area contributed by atoms with Gasteiger partial charge in [0.15, 0.2) is 4.29 Å². The third-order valence-electron chi connectivity index (χ3n) is 4.34. The molecule has 0 atom stereocenters. The van der Waals surface area contributed by atoms with E-state index in [2.05, 4.69) is 31.1 Å². The number of carbonyl (C=O) groups excluding carboxylic acids is 1. The van der Waals surface area contributed by atoms with Crippen LogP contribution >= 0.6 is 32.7 Å². The number of rotatable bonds is 18. The highest BCUT2D eigenvalue weighted by atomic mass is 127. The van der Waals surface area contributed by atoms with Crippen molar-refractivity contribution in [1.29, 1.82) is 0 Å². The molecule has 0 fully saturated rings. The second kappa shape index (κ2) is 23.3. The van der Waals surface area contributed by atoms with Gasteiger partial charge in [-0.25, -0.2) is 4.79 Å². The van der Waals surface area contributed by atoms with E-state index in [0.717, 1.165) is 48.8 Å². The molecule has 0 radical (unpaired) electrons. The Hall–Kier alpha value is -1.43. The van der Waals surface area contributed by atoms with Gasteiger partial charge in [0.05, 0.1) is 11.4 Å². The van der Waals surface area contributed by atoms with Crippen molar-refractivity contribution in [3.63, 3.8) is 0 Å². The van der Waals surface area contributed by atoms with Crippen LogP contribution in [0.2, 0.25) is 0 Å². The Morgan fingerprint density at radius 3 is 2.18 bits per heavy atom. The average Bonchev–Trinajstić information content (AvgIpc) is 2.82. The highest BCUT2D eigenvalue weighted by Crippen LogP contribution is 2.24. The first-order chi connectivity index (χ1) is 16.3. The first-order valence-corrected chi connectivity index (χ1v) is 15.0. The highest BCUT2D eigenvalue weighted by Gasteiger charge is 2.18. The summed E-state index contributed by atoms with van der Waals surface area (Å²) in [5, 5.41) is 9.68. The first kappa shape index (κ1) is 34.7. The fourth-order valence-corrected chi connectivity index (χ4v) is 3.83. The number of nitrogens with zero attached hydrogens (tertiary/aromatic N) is 2. The number of aliphatic carboxylic acids is 1. The van der Waals surface area contributed by atoms with Gasteiger partial charge in [-0.1, -0.05) is 58.2 Å². The van der Waals surface area contributed by atoms with Gasteiger partial charge in [-0.3, -0.25) is 9.10 Å². The lowest BCUT2D eigenvalue weighted by Gasteiger charge is -2.29. The van der Waals surface area contributed by atoms with Crippen LogP contribution in [0.3, 0.4) is 0 Å². The minimum absolute atomic E-state index is 0.346. The molecule has 0 aromatic heterocycles. The summed E-state index contributed by atoms with van der Waals surface area (Å²) in [7, 11) is 5.43. The lowest BCUT2D eigenvalue weighted by atomic mass is 10.1. The molecule has 0 saturated carbocycles. The zero-order valence-electron chi connectivity index (χ0n) is 21.7. The molecule has 9 heteroatoms. The van der Waals surface area contributed by atoms with Crippen molar-refractivity contribution < 1.29 is 19.4 Å². The average molecular weight is 610 g/mol. The van der Waals surface area contributed by atoms with Crippen molar-refractivity contribution >= 4 is 47.0 Å². The molecule has 196 valence electrons. The summed E-state index contributed by atoms with van der Waals surface area (Å²) in [6, 6.07) is 0. The van der Waals surface area contributed by atoms with E-state index < -0.39 is 26.7 Å². The van der Waals surface area contributed by atoms with Crippen molar-refractivity contribution in [2.24, 2.45) is 5.73 Å². The maximum atomic E-state index is 11.8. The molecule has 0 aliphatic rings. The largest absolute Gasteiger partial charge is 0.478 e. The molecule has 0 aliphatic carbocycles. The summed E-state index contributed by atoms with van der Waals surface area (Å²) in [6.45, 7) is 11.8. The van der Waals surface area contributed by atoms with Gasteiger partial charge < -0.3 is 20.5 Å². The number of carbonyl (C=O) groups is 2. The third-order valence-corrected chi connectivity index (χ3v) is 6.37. The van der Waals surface area contributed by atoms with Crippen LogP contribution < -0.4 is 5.73 Å². The molecule has 0 aliphatic heterocycles. The Labute approximate surface area is 221 Å². The molecule has 0 aromatic carbocycles. The monoisotopic (exact) mass is 609 g/mol. The quantitative estimate of drug-likeness (QED) is 0.0408. The molecular weight excluding hydrogens is 565 g/mol. The number of ether oxygens (including phenoxy) is 1. The van der Waals surface area contributed by atoms with Crippen LogP contribution in [-0.4, -0.2) is 68.6 Å². The molecule has 0 aromatic rings. The molecule has 0 spiro atoms. The molecule has 0 rings (SSSR count). The highest BCUT2D eigenvalue weighted by molar-refractivity contribution is 14.2. The van der Waals surface area contributed by atoms with Crippen LogP contribution in [0.5, 0.6) is 0 Å². The lowest BCUT2D eigenvalue weighted by molar-refractivity contribution is -0.132. The molecule has 0 saturated heterocycles. The van der Waals surface area contributed by atoms with E-state index in [1.165, 1.54) is 7.05 Å². The molecule has 0 heterocycles. The second-order valence-corrected chi connectivity index (χ2v) is 10.4. The van der Waals surface area contributed by atoms with Gasteiger partial charge in [-0.15, -0.1) is 0 Å². The number of allylic oxidation sites excluding steroid dienone is 3. The van der Waals surface area contributed by atoms with Crippen molar-refractivity contribution in [2.75, 3.05) is 40.0 Å². The third kappa shape index (κ3) is 17.1. The van der Waals surface area contributed by atoms with Crippen LogP contribution in [0.25, 0.3) is 0 Å². The van der Waals surface area contributed by atoms with Crippen LogP contribution in [-0.2, 0) is 14.3 Å². The molecule has 0 bridgehead atoms. The van der Waals surface area contributed by atoms with Crippen LogP contribution in [0.1, 0.15) is 52.9 Å². The standard InChI is InChI=1S/C24H39IN2O4S.CH5N/c1-7-10-15-27(16-11-8-2)22(17-21(9-3)24(29)30)23(18-32-26(5)6)31-20(4)13-12-14-25-19-28;1-2/h12-14,17,19H,4,7-11,15-16,18H2,1-3,5-6H3,(H,29,30);2H2,1H3/b13-12-,21-17+,23-22-;. The Bertz CT molecular complexity index is 711. The predicted octanol–water partition coefficient (Wildman–Crippen LogP) is 5.36. The SMILES string of the molecule is C=C(/C=C\C=IC=O)O/C(CSN(C)C)=C(/C=C(\CC)C(=O)O)N(CCCC)CCCC.CN. The second-order valence-electron chi connectivity index (χ2n) is 7.19. The summed E-state index contributed by atoms with van der Waals surface area (Å²) in [6.07, 6.45) is 9.83. The van der Waals surface area contributed by atoms with Crippen molar-refractivity contribution in [2.45, 2.75) is 52.9 Å². The van der Waals surface area contributed by atoms with Crippen molar-refractivity contribution in [3.8, 4) is 0 Å². The minimum Gasteiger partial charge on any atom is -0.478 e. The van der Waals surface area contributed by atoms with E-state index in [-0.39, 0.29) is 0 Å². The number of halogens is 1. The van der Waals surface area contributed by atoms with Gasteiger partial charge >= 0.3 is 5.97 Å². The number of hydrogen-bond donors (Lipinski definition) is 2. The first-order valence-electron chi connectivity index (χ1n) is 11.5. The number of carboxylic acids is 1. The van der Waals surface area contributed by atoms with Crippen LogP contribution in [0.15, 0.2) is 47.6 Å². The maximum Gasteiger partial charge on any atom is 0.331 e. The number of nitrogens with two attached hydrogens (primary N) is 1. The number of carboxylic acid groups (broad SMARTS) is 1. The lowest BCUT2D eigenvalue weighted by Crippen LogP contribution is -2.27. The van der Waals surface area contributed by atoms with Gasteiger partial charge in [-0.2, -0.15) is 0 Å². The molecule has 7 nitrogen and oxygen atoms in total. The smallest absolute Gasteiger partial charge is 0.331 e. The summed E-state index contributed by atoms with van der Waals surface area (Å²) < 4.78 is 11.0. The fourth-order valence-electron chi connectivity index (χ4n) is 2.63. The zero-order valence-corrected chi connectivity index (χ0v) is 24.7. The normalized spacial score (nSPS) is 12.6. The molecule has 34 heavy (non-hydrogen) atoms. The van der Waals surface area contributed by atoms with Crippen molar-refractivity contribution in [1.82, 2.24) is 9.21 Å². The van der Waals surface area contributed by atoms with Gasteiger partial charge in [0, 0.05) is 18.7 Å². The van der Waals surface area contributed by atoms with E-state index in [9.17, 15) is 14.7 Å². The molecule has 0 amide bonds. The van der Waals surface area contributed by atoms with Gasteiger partial charge in [0.1, 0.15) is 11.5 Å². The van der Waals surface area contributed by atoms with Crippen LogP contribution in [0, 0.1) is 0 Å². The topological polar surface area (TPSA) is 96.1 Å². The van der Waals surface area contributed by atoms with Crippen molar-refractivity contribution in [3.05, 3.63) is 47.6 Å². The fraction of sp³-hybridized carbons (Fsp3) is 0.560. The summed E-state index contributed by atoms with van der Waals surface area (Å²) in [5.41, 5.74) is 5.65. The number of hydrogen-bond acceptors (Lipinski definition) is 7. The van der Waals surface area contributed by atoms with E-state index in [4.69, 9.17) is 4.74 Å². The van der Waals surface area contributed by atoms with E-state index in [1.807, 2.05) is 29.3 Å². The summed E-state index contributed by atoms with van der Waals surface area (Å²) in [5.74, 6) is 0.766. The molecule has 0 unspecified atom stereocenters. The van der Waals surface area contributed by atoms with Gasteiger partial charge in [-0.05, 0) is 77.3 Å². The van der Waals surface area contributed by atoms with E-state index >= 15 is 0 Å². The van der Waals surface area contributed by atoms with E-state index in [1.54, 1.807) is 30.2 Å². The molecule has 3 N–H and O–H groups in total. The van der Waals surface area contributed by atoms with E-state index in [0.29, 0.717) is 29.3 Å². The Morgan fingerprint density at radius 1 is 1.15 bits per heavy atom. The predicted molar refractivity (Wildman–Crippen MR) is 157 cm³/mol. The Morgan fingerprint density at radius 2 is 1.74 bits per heavy atom. The number of unbranched alkanes of at least 4 members (excludes halogenated alkanes) is 2. The Balaban J connectivity index is 0. The van der Waals surface area contributed by atoms with Gasteiger partial charge in [0.25, 0.3) is 0 Å². The summed E-state index contributed by atoms with van der Waals surface area (Å²) in [4.78, 5) is 24.6. The maximum absolute atomic E-state index is 11.8. The summed E-state index contributed by atoms with van der Waals surface area (Å²) >= 11 is 0.987. The minimum atomic E-state index is -0.915. The Kier molecular flexibility index (Phi) is 23.8.